The zero-order valence-electron chi connectivity index (χ0n) is 15.4. The van der Waals surface area contributed by atoms with E-state index in [1.807, 2.05) is 6.92 Å². The van der Waals surface area contributed by atoms with E-state index in [1.165, 1.54) is 12.2 Å². The van der Waals surface area contributed by atoms with Gasteiger partial charge in [0.2, 0.25) is 0 Å². The van der Waals surface area contributed by atoms with Crippen molar-refractivity contribution in [3.05, 3.63) is 36.0 Å². The molecule has 0 radical (unpaired) electrons. The molecule has 0 aromatic carbocycles. The van der Waals surface area contributed by atoms with Crippen LogP contribution in [0.15, 0.2) is 36.0 Å². The third-order valence-electron chi connectivity index (χ3n) is 5.95. The fraction of sp³-hybridized carbons (Fsp3) is 0.550. The number of allylic oxidation sites excluding steroid dienone is 3. The van der Waals surface area contributed by atoms with Crippen LogP contribution in [0.25, 0.3) is 0 Å². The zero-order valence-corrected chi connectivity index (χ0v) is 15.4. The Bertz CT molecular complexity index is 743. The molecule has 0 aromatic rings. The molecule has 6 heteroatoms. The number of carbonyl (C=O) groups excluding carboxylic acids is 3. The van der Waals surface area contributed by atoms with Crippen molar-refractivity contribution < 1.29 is 29.0 Å². The molecule has 1 saturated carbocycles. The minimum atomic E-state index is -1.10. The van der Waals surface area contributed by atoms with Crippen molar-refractivity contribution in [2.24, 2.45) is 23.2 Å². The van der Waals surface area contributed by atoms with Crippen LogP contribution in [0.1, 0.15) is 27.7 Å². The lowest BCUT2D eigenvalue weighted by molar-refractivity contribution is -0.160. The molecule has 2 aliphatic carbocycles. The first-order valence-electron chi connectivity index (χ1n) is 8.75. The molecule has 1 aliphatic heterocycles. The molecule has 1 N–H and O–H groups in total. The van der Waals surface area contributed by atoms with E-state index in [4.69, 9.17) is 9.47 Å². The summed E-state index contributed by atoms with van der Waals surface area (Å²) in [6, 6.07) is 0. The number of aliphatic hydroxyl groups is 1. The van der Waals surface area contributed by atoms with Gasteiger partial charge in [0.25, 0.3) is 0 Å². The quantitative estimate of drug-likeness (QED) is 0.596. The van der Waals surface area contributed by atoms with Gasteiger partial charge in [-0.25, -0.2) is 9.59 Å². The van der Waals surface area contributed by atoms with Crippen LogP contribution in [0.4, 0.5) is 0 Å². The maximum absolute atomic E-state index is 12.8. The summed E-state index contributed by atoms with van der Waals surface area (Å²) in [5.74, 6) is -2.88. The van der Waals surface area contributed by atoms with Crippen molar-refractivity contribution in [3.8, 4) is 0 Å². The third-order valence-corrected chi connectivity index (χ3v) is 5.95. The maximum atomic E-state index is 12.8. The Balaban J connectivity index is 2.12. The highest BCUT2D eigenvalue weighted by Gasteiger charge is 2.64. The van der Waals surface area contributed by atoms with E-state index in [-0.39, 0.29) is 23.2 Å². The van der Waals surface area contributed by atoms with E-state index in [9.17, 15) is 19.5 Å². The smallest absolute Gasteiger partial charge is 0.334 e. The molecule has 140 valence electrons. The SMILES string of the molecule is C=C1C(=O)O[C@H]2[C@H](O)[C@H](C)[C@@H]3C=CC(=O)[C@]3(C)[C@@H](OC(=O)C=C(C)C)[C@@H]12. The van der Waals surface area contributed by atoms with Crippen LogP contribution < -0.4 is 0 Å². The number of rotatable bonds is 2. The lowest BCUT2D eigenvalue weighted by atomic mass is 9.67. The predicted molar refractivity (Wildman–Crippen MR) is 92.7 cm³/mol. The number of ketones is 1. The van der Waals surface area contributed by atoms with E-state index < -0.39 is 41.6 Å². The van der Waals surface area contributed by atoms with E-state index >= 15 is 0 Å². The van der Waals surface area contributed by atoms with E-state index in [2.05, 4.69) is 6.58 Å². The van der Waals surface area contributed by atoms with Gasteiger partial charge in [0, 0.05) is 11.6 Å². The van der Waals surface area contributed by atoms with Gasteiger partial charge in [0.05, 0.1) is 17.4 Å². The molecule has 0 spiro atoms. The lowest BCUT2D eigenvalue weighted by Crippen LogP contribution is -2.49. The maximum Gasteiger partial charge on any atom is 0.334 e. The Morgan fingerprint density at radius 1 is 1.38 bits per heavy atom. The minimum Gasteiger partial charge on any atom is -0.457 e. The lowest BCUT2D eigenvalue weighted by Gasteiger charge is -2.39. The van der Waals surface area contributed by atoms with E-state index in [0.29, 0.717) is 0 Å². The van der Waals surface area contributed by atoms with Gasteiger partial charge in [-0.2, -0.15) is 0 Å². The van der Waals surface area contributed by atoms with Crippen molar-refractivity contribution in [3.63, 3.8) is 0 Å². The number of hydrogen-bond acceptors (Lipinski definition) is 6. The van der Waals surface area contributed by atoms with Gasteiger partial charge in [-0.3, -0.25) is 4.79 Å². The second kappa shape index (κ2) is 6.20. The molecule has 7 atom stereocenters. The second-order valence-electron chi connectivity index (χ2n) is 7.88. The van der Waals surface area contributed by atoms with E-state index in [0.717, 1.165) is 5.57 Å². The summed E-state index contributed by atoms with van der Waals surface area (Å²) in [6.45, 7) is 10.8. The summed E-state index contributed by atoms with van der Waals surface area (Å²) in [4.78, 5) is 37.3. The van der Waals surface area contributed by atoms with Gasteiger partial charge in [-0.05, 0) is 38.7 Å². The molecule has 1 heterocycles. The number of ether oxygens (including phenoxy) is 2. The average Bonchev–Trinajstić information content (AvgIpc) is 2.99. The summed E-state index contributed by atoms with van der Waals surface area (Å²) >= 11 is 0. The summed E-state index contributed by atoms with van der Waals surface area (Å²) in [5.41, 5.74) is -0.219. The molecule has 0 unspecified atom stereocenters. The molecule has 3 aliphatic rings. The van der Waals surface area contributed by atoms with Gasteiger partial charge in [-0.1, -0.05) is 25.2 Å². The van der Waals surface area contributed by atoms with Crippen LogP contribution >= 0.6 is 0 Å². The first-order chi connectivity index (χ1) is 12.1. The Morgan fingerprint density at radius 3 is 2.65 bits per heavy atom. The second-order valence-corrected chi connectivity index (χ2v) is 7.88. The van der Waals surface area contributed by atoms with Gasteiger partial charge in [0.15, 0.2) is 5.78 Å². The molecule has 0 amide bonds. The third kappa shape index (κ3) is 2.55. The van der Waals surface area contributed by atoms with Crippen molar-refractivity contribution in [2.45, 2.75) is 46.0 Å². The molecule has 1 saturated heterocycles. The highest BCUT2D eigenvalue weighted by molar-refractivity contribution is 5.99. The number of esters is 2. The van der Waals surface area contributed by atoms with Gasteiger partial charge < -0.3 is 14.6 Å². The predicted octanol–water partition coefficient (Wildman–Crippen LogP) is 1.73. The Hall–Kier alpha value is -2.21. The van der Waals surface area contributed by atoms with Gasteiger partial charge >= 0.3 is 11.9 Å². The highest BCUT2D eigenvalue weighted by atomic mass is 16.6. The Kier molecular flexibility index (Phi) is 4.43. The standard InChI is InChI=1S/C20H24O6/c1-9(2)8-14(22)25-18-15-11(4)19(24)26-17(15)16(23)10(3)12-6-7-13(21)20(12,18)5/h6-8,10,12,15-18,23H,4H2,1-3,5H3/t10-,12+,15+,16-,17-,18+,20-/m1/s1. The zero-order chi connectivity index (χ0) is 19.4. The van der Waals surface area contributed by atoms with Crippen molar-refractivity contribution in [1.82, 2.24) is 0 Å². The average molecular weight is 360 g/mol. The Labute approximate surface area is 152 Å². The topological polar surface area (TPSA) is 89.9 Å². The minimum absolute atomic E-state index is 0.123. The Morgan fingerprint density at radius 2 is 2.04 bits per heavy atom. The summed E-state index contributed by atoms with van der Waals surface area (Å²) in [5, 5.41) is 10.8. The molecule has 26 heavy (non-hydrogen) atoms. The summed E-state index contributed by atoms with van der Waals surface area (Å²) < 4.78 is 11.1. The largest absolute Gasteiger partial charge is 0.457 e. The number of fused-ring (bicyclic) bond motifs is 2. The van der Waals surface area contributed by atoms with Crippen molar-refractivity contribution in [2.75, 3.05) is 0 Å². The summed E-state index contributed by atoms with van der Waals surface area (Å²) in [7, 11) is 0. The molecule has 2 fully saturated rings. The first-order valence-corrected chi connectivity index (χ1v) is 8.75. The monoisotopic (exact) mass is 360 g/mol. The highest BCUT2D eigenvalue weighted by Crippen LogP contribution is 2.54. The van der Waals surface area contributed by atoms with E-state index in [1.54, 1.807) is 26.8 Å². The molecule has 0 aromatic heterocycles. The van der Waals surface area contributed by atoms with Crippen LogP contribution in [0.3, 0.4) is 0 Å². The molecule has 6 nitrogen and oxygen atoms in total. The van der Waals surface area contributed by atoms with Crippen molar-refractivity contribution in [1.29, 1.82) is 0 Å². The first kappa shape index (κ1) is 18.6. The van der Waals surface area contributed by atoms with Crippen LogP contribution in [-0.2, 0) is 23.9 Å². The number of carbonyl (C=O) groups is 3. The fourth-order valence-electron chi connectivity index (χ4n) is 4.51. The van der Waals surface area contributed by atoms with Crippen LogP contribution in [0.2, 0.25) is 0 Å². The van der Waals surface area contributed by atoms with Gasteiger partial charge in [-0.15, -0.1) is 0 Å². The number of aliphatic hydroxyl groups excluding tert-OH is 1. The van der Waals surface area contributed by atoms with Crippen molar-refractivity contribution >= 4 is 17.7 Å². The summed E-state index contributed by atoms with van der Waals surface area (Å²) in [6.07, 6.45) is 1.72. The fourth-order valence-corrected chi connectivity index (χ4v) is 4.51. The van der Waals surface area contributed by atoms with Gasteiger partial charge in [0.1, 0.15) is 12.2 Å². The van der Waals surface area contributed by atoms with Crippen LogP contribution in [0, 0.1) is 23.2 Å². The van der Waals surface area contributed by atoms with Crippen LogP contribution in [0.5, 0.6) is 0 Å². The molecular formula is C20H24O6. The molecule has 0 bridgehead atoms. The number of hydrogen-bond donors (Lipinski definition) is 1. The van der Waals surface area contributed by atoms with Crippen LogP contribution in [-0.4, -0.2) is 41.1 Å². The molecule has 3 rings (SSSR count). The normalized spacial score (nSPS) is 41.2. The molecular weight excluding hydrogens is 336 g/mol.